The largest absolute Gasteiger partial charge is 0.385 e. The van der Waals surface area contributed by atoms with E-state index in [1.165, 1.54) is 12.8 Å². The summed E-state index contributed by atoms with van der Waals surface area (Å²) in [6, 6.07) is 0. The van der Waals surface area contributed by atoms with Gasteiger partial charge in [0.25, 0.3) is 0 Å². The monoisotopic (exact) mass is 113 g/mol. The van der Waals surface area contributed by atoms with Crippen molar-refractivity contribution in [3.05, 3.63) is 6.42 Å². The first kappa shape index (κ1) is 6.09. The molecule has 0 bridgehead atoms. The lowest BCUT2D eigenvalue weighted by Gasteiger charge is -1.93. The quantitative estimate of drug-likeness (QED) is 0.503. The maximum absolute atomic E-state index is 4.89. The van der Waals surface area contributed by atoms with Crippen molar-refractivity contribution in [1.82, 2.24) is 0 Å². The van der Waals surface area contributed by atoms with E-state index in [0.29, 0.717) is 0 Å². The summed E-state index contributed by atoms with van der Waals surface area (Å²) in [5.74, 6) is 0.949. The zero-order chi connectivity index (χ0) is 5.82. The van der Waals surface area contributed by atoms with Crippen molar-refractivity contribution >= 4 is 0 Å². The molecule has 47 valence electrons. The lowest BCUT2D eigenvalue weighted by molar-refractivity contribution is 0.200. The van der Waals surface area contributed by atoms with Crippen LogP contribution in [0.15, 0.2) is 0 Å². The van der Waals surface area contributed by atoms with Crippen LogP contribution in [0, 0.1) is 12.3 Å². The number of hydrogen-bond acceptors (Lipinski definition) is 1. The number of hydrogen-bond donors (Lipinski definition) is 0. The summed E-state index contributed by atoms with van der Waals surface area (Å²) in [5.41, 5.74) is 0. The predicted octanol–water partition coefficient (Wildman–Crippen LogP) is 1.64. The van der Waals surface area contributed by atoms with Crippen LogP contribution in [0.2, 0.25) is 0 Å². The second-order valence-corrected chi connectivity index (χ2v) is 2.35. The third-order valence-electron chi connectivity index (χ3n) is 1.44. The summed E-state index contributed by atoms with van der Waals surface area (Å²) >= 11 is 0. The van der Waals surface area contributed by atoms with Crippen LogP contribution in [0.4, 0.5) is 0 Å². The van der Waals surface area contributed by atoms with Gasteiger partial charge in [-0.3, -0.25) is 0 Å². The Hall–Kier alpha value is -0.0400. The van der Waals surface area contributed by atoms with Crippen molar-refractivity contribution < 1.29 is 4.74 Å². The minimum absolute atomic E-state index is 0.899. The molecule has 0 heterocycles. The summed E-state index contributed by atoms with van der Waals surface area (Å²) in [5, 5.41) is 0. The first-order valence-corrected chi connectivity index (χ1v) is 3.26. The SMILES string of the molecule is COCC[CH]C1CC1. The van der Waals surface area contributed by atoms with Gasteiger partial charge in [-0.1, -0.05) is 0 Å². The lowest BCUT2D eigenvalue weighted by Crippen LogP contribution is -1.88. The zero-order valence-electron chi connectivity index (χ0n) is 5.39. The van der Waals surface area contributed by atoms with Gasteiger partial charge in [0.2, 0.25) is 0 Å². The van der Waals surface area contributed by atoms with E-state index in [1.807, 2.05) is 0 Å². The Kier molecular flexibility index (Phi) is 2.34. The van der Waals surface area contributed by atoms with Crippen molar-refractivity contribution in [2.45, 2.75) is 19.3 Å². The minimum Gasteiger partial charge on any atom is -0.385 e. The summed E-state index contributed by atoms with van der Waals surface area (Å²) in [4.78, 5) is 0. The molecule has 8 heavy (non-hydrogen) atoms. The Bertz CT molecular complexity index is 57.4. The lowest BCUT2D eigenvalue weighted by atomic mass is 10.2. The van der Waals surface area contributed by atoms with Crippen LogP contribution in [-0.2, 0) is 4.74 Å². The molecule has 0 saturated heterocycles. The Morgan fingerprint density at radius 2 is 2.38 bits per heavy atom. The Morgan fingerprint density at radius 1 is 1.62 bits per heavy atom. The molecule has 0 amide bonds. The van der Waals surface area contributed by atoms with Crippen molar-refractivity contribution in [2.75, 3.05) is 13.7 Å². The Morgan fingerprint density at radius 3 is 2.88 bits per heavy atom. The fourth-order valence-electron chi connectivity index (χ4n) is 0.754. The molecular formula is C7H13O. The van der Waals surface area contributed by atoms with E-state index in [9.17, 15) is 0 Å². The number of methoxy groups -OCH3 is 1. The molecule has 0 aromatic heterocycles. The molecule has 1 nitrogen and oxygen atoms in total. The molecule has 0 atom stereocenters. The van der Waals surface area contributed by atoms with Crippen LogP contribution in [0.1, 0.15) is 19.3 Å². The topological polar surface area (TPSA) is 9.23 Å². The average molecular weight is 113 g/mol. The third-order valence-corrected chi connectivity index (χ3v) is 1.44. The van der Waals surface area contributed by atoms with Gasteiger partial charge in [-0.15, -0.1) is 0 Å². The minimum atomic E-state index is 0.899. The van der Waals surface area contributed by atoms with E-state index in [0.717, 1.165) is 18.9 Å². The van der Waals surface area contributed by atoms with Crippen LogP contribution < -0.4 is 0 Å². The van der Waals surface area contributed by atoms with Crippen molar-refractivity contribution in [3.8, 4) is 0 Å². The smallest absolute Gasteiger partial charge is 0.0465 e. The van der Waals surface area contributed by atoms with Gasteiger partial charge in [0.15, 0.2) is 0 Å². The zero-order valence-corrected chi connectivity index (χ0v) is 5.39. The summed E-state index contributed by atoms with van der Waals surface area (Å²) in [7, 11) is 1.75. The van der Waals surface area contributed by atoms with Gasteiger partial charge < -0.3 is 4.74 Å². The highest BCUT2D eigenvalue weighted by atomic mass is 16.5. The van der Waals surface area contributed by atoms with Gasteiger partial charge >= 0.3 is 0 Å². The molecule has 0 unspecified atom stereocenters. The molecule has 1 aliphatic rings. The van der Waals surface area contributed by atoms with Gasteiger partial charge in [0, 0.05) is 13.7 Å². The summed E-state index contributed by atoms with van der Waals surface area (Å²) in [6.45, 7) is 0.899. The number of ether oxygens (including phenoxy) is 1. The molecule has 1 heteroatoms. The van der Waals surface area contributed by atoms with Crippen LogP contribution in [0.5, 0.6) is 0 Å². The van der Waals surface area contributed by atoms with E-state index >= 15 is 0 Å². The highest BCUT2D eigenvalue weighted by Crippen LogP contribution is 2.32. The molecule has 1 radical (unpaired) electrons. The molecule has 0 spiro atoms. The van der Waals surface area contributed by atoms with Gasteiger partial charge in [-0.25, -0.2) is 0 Å². The van der Waals surface area contributed by atoms with Crippen molar-refractivity contribution in [1.29, 1.82) is 0 Å². The highest BCUT2D eigenvalue weighted by molar-refractivity contribution is 4.86. The Labute approximate surface area is 51.0 Å². The molecule has 1 saturated carbocycles. The fraction of sp³-hybridized carbons (Fsp3) is 0.857. The van der Waals surface area contributed by atoms with E-state index in [-0.39, 0.29) is 0 Å². The second-order valence-electron chi connectivity index (χ2n) is 2.35. The maximum atomic E-state index is 4.89. The van der Waals surface area contributed by atoms with Crippen LogP contribution in [0.3, 0.4) is 0 Å². The molecule has 1 aliphatic carbocycles. The summed E-state index contributed by atoms with van der Waals surface area (Å²) < 4.78 is 4.89. The number of rotatable bonds is 4. The normalized spacial score (nSPS) is 19.1. The fourth-order valence-corrected chi connectivity index (χ4v) is 0.754. The van der Waals surface area contributed by atoms with Crippen LogP contribution in [-0.4, -0.2) is 13.7 Å². The van der Waals surface area contributed by atoms with Gasteiger partial charge in [0.05, 0.1) is 0 Å². The Balaban J connectivity index is 1.74. The van der Waals surface area contributed by atoms with Crippen molar-refractivity contribution in [2.24, 2.45) is 5.92 Å². The first-order chi connectivity index (χ1) is 3.93. The van der Waals surface area contributed by atoms with Crippen molar-refractivity contribution in [3.63, 3.8) is 0 Å². The standard InChI is InChI=1S/C7H13O/c1-8-6-2-3-7-4-5-7/h3,7H,2,4-6H2,1H3. The van der Waals surface area contributed by atoms with Crippen LogP contribution >= 0.6 is 0 Å². The third kappa shape index (κ3) is 2.31. The molecule has 1 fully saturated rings. The molecule has 1 rings (SSSR count). The predicted molar refractivity (Wildman–Crippen MR) is 33.5 cm³/mol. The maximum Gasteiger partial charge on any atom is 0.0465 e. The second kappa shape index (κ2) is 3.08. The van der Waals surface area contributed by atoms with Gasteiger partial charge in [0.1, 0.15) is 0 Å². The molecular weight excluding hydrogens is 100 g/mol. The first-order valence-electron chi connectivity index (χ1n) is 3.26. The molecule has 0 N–H and O–H groups in total. The van der Waals surface area contributed by atoms with E-state index in [1.54, 1.807) is 7.11 Å². The summed E-state index contributed by atoms with van der Waals surface area (Å²) in [6.07, 6.45) is 6.35. The highest BCUT2D eigenvalue weighted by Gasteiger charge is 2.20. The van der Waals surface area contributed by atoms with E-state index < -0.39 is 0 Å². The van der Waals surface area contributed by atoms with Crippen LogP contribution in [0.25, 0.3) is 0 Å². The molecule has 0 aromatic rings. The van der Waals surface area contributed by atoms with Gasteiger partial charge in [-0.05, 0) is 31.6 Å². The molecule has 0 aromatic carbocycles. The van der Waals surface area contributed by atoms with E-state index in [4.69, 9.17) is 4.74 Å². The molecule has 0 aliphatic heterocycles. The average Bonchev–Trinajstić information content (AvgIpc) is 2.51. The van der Waals surface area contributed by atoms with Gasteiger partial charge in [-0.2, -0.15) is 0 Å². The van der Waals surface area contributed by atoms with E-state index in [2.05, 4.69) is 6.42 Å².